The zero-order valence-corrected chi connectivity index (χ0v) is 17.9. The van der Waals surface area contributed by atoms with Crippen molar-refractivity contribution in [1.82, 2.24) is 0 Å². The number of benzene rings is 2. The molecule has 0 unspecified atom stereocenters. The summed E-state index contributed by atoms with van der Waals surface area (Å²) in [7, 11) is -10.7. The third-order valence-electron chi connectivity index (χ3n) is 2.68. The van der Waals surface area contributed by atoms with E-state index in [1.165, 1.54) is 24.3 Å². The topological polar surface area (TPSA) is 135 Å². The first-order chi connectivity index (χ1) is 9.62. The minimum atomic E-state index is -5.36. The second-order valence-electron chi connectivity index (χ2n) is 4.06. The summed E-state index contributed by atoms with van der Waals surface area (Å²) >= 11 is 0. The van der Waals surface area contributed by atoms with E-state index in [0.717, 1.165) is 12.1 Å². The summed E-state index contributed by atoms with van der Waals surface area (Å²) in [6.45, 7) is 0. The standard InChI is InChI=1S/C12H10O7S2.2Na/c13-10-7-6-9(8-4-2-1-3-5-8)11(20(14,15)16)12(10)21(17,18)19;;/h1-7,13H,(H,14,15,16)(H,17,18,19);;/q;2*+1/p-2. The molecule has 0 saturated heterocycles. The molecule has 0 heterocycles. The molecule has 23 heavy (non-hydrogen) atoms. The Labute approximate surface area is 177 Å². The number of hydrogen-bond acceptors (Lipinski definition) is 7. The molecule has 2 rings (SSSR count). The molecule has 0 aromatic heterocycles. The van der Waals surface area contributed by atoms with Crippen LogP contribution < -0.4 is 59.1 Å². The van der Waals surface area contributed by atoms with Crippen molar-refractivity contribution in [2.24, 2.45) is 0 Å². The largest absolute Gasteiger partial charge is 1.00 e. The molecule has 2 aromatic carbocycles. The molecular formula is C12H8Na2O7S2. The minimum absolute atomic E-state index is 0. The van der Waals surface area contributed by atoms with Crippen molar-refractivity contribution in [3.8, 4) is 16.9 Å². The zero-order chi connectivity index (χ0) is 15.8. The number of hydrogen-bond donors (Lipinski definition) is 1. The van der Waals surface area contributed by atoms with E-state index in [4.69, 9.17) is 0 Å². The fraction of sp³-hybridized carbons (Fsp3) is 0. The van der Waals surface area contributed by atoms with Gasteiger partial charge in [-0.15, -0.1) is 0 Å². The van der Waals surface area contributed by atoms with Gasteiger partial charge in [0.15, 0.2) is 0 Å². The molecule has 0 fully saturated rings. The van der Waals surface area contributed by atoms with E-state index in [0.29, 0.717) is 0 Å². The van der Waals surface area contributed by atoms with Crippen LogP contribution in [0.2, 0.25) is 0 Å². The van der Waals surface area contributed by atoms with Crippen molar-refractivity contribution in [1.29, 1.82) is 0 Å². The molecule has 0 aliphatic rings. The Bertz CT molecular complexity index is 895. The van der Waals surface area contributed by atoms with Crippen LogP contribution in [-0.2, 0) is 20.2 Å². The third-order valence-corrected chi connectivity index (χ3v) is 4.64. The van der Waals surface area contributed by atoms with Crippen molar-refractivity contribution in [3.63, 3.8) is 0 Å². The fourth-order valence-electron chi connectivity index (χ4n) is 1.89. The van der Waals surface area contributed by atoms with Crippen LogP contribution in [0.25, 0.3) is 11.1 Å². The van der Waals surface area contributed by atoms with Gasteiger partial charge in [0.05, 0.1) is 4.90 Å². The van der Waals surface area contributed by atoms with Crippen molar-refractivity contribution in [2.45, 2.75) is 9.79 Å². The van der Waals surface area contributed by atoms with Crippen LogP contribution in [0, 0.1) is 0 Å². The summed E-state index contributed by atoms with van der Waals surface area (Å²) < 4.78 is 67.7. The first-order valence-corrected chi connectivity index (χ1v) is 8.27. The molecule has 7 nitrogen and oxygen atoms in total. The average Bonchev–Trinajstić information content (AvgIpc) is 2.37. The smallest absolute Gasteiger partial charge is 0.744 e. The Morgan fingerprint density at radius 1 is 0.739 bits per heavy atom. The van der Waals surface area contributed by atoms with E-state index in [2.05, 4.69) is 0 Å². The molecule has 0 saturated carbocycles. The summed E-state index contributed by atoms with van der Waals surface area (Å²) in [6, 6.07) is 9.47. The molecule has 1 N–H and O–H groups in total. The Morgan fingerprint density at radius 3 is 1.65 bits per heavy atom. The maximum Gasteiger partial charge on any atom is 1.00 e. The Balaban J connectivity index is 0.00000242. The minimum Gasteiger partial charge on any atom is -0.744 e. The van der Waals surface area contributed by atoms with Gasteiger partial charge in [0, 0.05) is 5.56 Å². The van der Waals surface area contributed by atoms with Gasteiger partial charge in [0.2, 0.25) is 0 Å². The molecule has 0 atom stereocenters. The van der Waals surface area contributed by atoms with Crippen LogP contribution in [0.4, 0.5) is 0 Å². The maximum atomic E-state index is 11.4. The molecule has 112 valence electrons. The van der Waals surface area contributed by atoms with Gasteiger partial charge in [-0.3, -0.25) is 0 Å². The van der Waals surface area contributed by atoms with E-state index in [1.807, 2.05) is 0 Å². The summed E-state index contributed by atoms with van der Waals surface area (Å²) in [5.74, 6) is -1.08. The normalized spacial score (nSPS) is 11.2. The summed E-state index contributed by atoms with van der Waals surface area (Å²) in [5.41, 5.74) is -0.0466. The molecule has 0 spiro atoms. The zero-order valence-electron chi connectivity index (χ0n) is 12.3. The third kappa shape index (κ3) is 5.27. The fourth-order valence-corrected chi connectivity index (χ4v) is 3.95. The number of aromatic hydroxyl groups is 1. The van der Waals surface area contributed by atoms with Gasteiger partial charge >= 0.3 is 59.1 Å². The molecule has 0 aliphatic heterocycles. The van der Waals surface area contributed by atoms with Crippen molar-refractivity contribution < 1.29 is 90.2 Å². The second-order valence-corrected chi connectivity index (χ2v) is 6.70. The van der Waals surface area contributed by atoms with Crippen molar-refractivity contribution >= 4 is 20.2 Å². The molecule has 0 amide bonds. The average molecular weight is 374 g/mol. The quantitative estimate of drug-likeness (QED) is 0.419. The van der Waals surface area contributed by atoms with Crippen molar-refractivity contribution in [3.05, 3.63) is 42.5 Å². The van der Waals surface area contributed by atoms with Gasteiger partial charge in [-0.1, -0.05) is 30.3 Å². The van der Waals surface area contributed by atoms with Crippen LogP contribution in [0.1, 0.15) is 0 Å². The Hall–Kier alpha value is 0.0600. The van der Waals surface area contributed by atoms with Crippen LogP contribution in [0.3, 0.4) is 0 Å². The van der Waals surface area contributed by atoms with E-state index in [9.17, 15) is 31.0 Å². The van der Waals surface area contributed by atoms with Crippen LogP contribution in [-0.4, -0.2) is 31.0 Å². The number of rotatable bonds is 3. The monoisotopic (exact) mass is 374 g/mol. The predicted molar refractivity (Wildman–Crippen MR) is 69.5 cm³/mol. The molecular weight excluding hydrogens is 366 g/mol. The Kier molecular flexibility index (Phi) is 8.46. The summed E-state index contributed by atoms with van der Waals surface area (Å²) in [6.07, 6.45) is 0. The maximum absolute atomic E-state index is 11.4. The van der Waals surface area contributed by atoms with Gasteiger partial charge in [-0.05, 0) is 17.7 Å². The first kappa shape index (κ1) is 23.1. The molecule has 11 heteroatoms. The first-order valence-electron chi connectivity index (χ1n) is 5.45. The van der Waals surface area contributed by atoms with E-state index in [1.54, 1.807) is 6.07 Å². The van der Waals surface area contributed by atoms with Crippen LogP contribution in [0.15, 0.2) is 52.3 Å². The van der Waals surface area contributed by atoms with E-state index >= 15 is 0 Å². The van der Waals surface area contributed by atoms with Crippen LogP contribution >= 0.6 is 0 Å². The van der Waals surface area contributed by atoms with Crippen LogP contribution in [0.5, 0.6) is 5.75 Å². The predicted octanol–water partition coefficient (Wildman–Crippen LogP) is -5.12. The van der Waals surface area contributed by atoms with Gasteiger partial charge in [-0.25, -0.2) is 16.8 Å². The van der Waals surface area contributed by atoms with E-state index < -0.39 is 35.8 Å². The van der Waals surface area contributed by atoms with Gasteiger partial charge < -0.3 is 14.2 Å². The molecule has 0 bridgehead atoms. The number of phenols is 1. The van der Waals surface area contributed by atoms with E-state index in [-0.39, 0.29) is 70.2 Å². The molecule has 2 aromatic rings. The Morgan fingerprint density at radius 2 is 1.22 bits per heavy atom. The number of phenolic OH excluding ortho intramolecular Hbond substituents is 1. The van der Waals surface area contributed by atoms with Gasteiger partial charge in [-0.2, -0.15) is 0 Å². The van der Waals surface area contributed by atoms with Gasteiger partial charge in [0.25, 0.3) is 0 Å². The summed E-state index contributed by atoms with van der Waals surface area (Å²) in [4.78, 5) is -2.68. The second kappa shape index (κ2) is 8.43. The molecule has 0 aliphatic carbocycles. The SMILES string of the molecule is O=S(=O)([O-])c1c(O)ccc(-c2ccccc2)c1S(=O)(=O)[O-].[Na+].[Na+]. The summed E-state index contributed by atoms with van der Waals surface area (Å²) in [5, 5.41) is 9.48. The van der Waals surface area contributed by atoms with Crippen molar-refractivity contribution in [2.75, 3.05) is 0 Å². The van der Waals surface area contributed by atoms with Gasteiger partial charge in [0.1, 0.15) is 30.9 Å². The molecule has 0 radical (unpaired) electrons.